The molecule has 0 bridgehead atoms. The molecule has 1 aliphatic carbocycles. The number of rotatable bonds is 5. The van der Waals surface area contributed by atoms with Crippen molar-refractivity contribution >= 4 is 16.2 Å². The highest BCUT2D eigenvalue weighted by Gasteiger charge is 2.65. The molecule has 0 aromatic heterocycles. The van der Waals surface area contributed by atoms with E-state index in [0.29, 0.717) is 37.0 Å². The van der Waals surface area contributed by atoms with Crippen molar-refractivity contribution in [3.8, 4) is 0 Å². The quantitative estimate of drug-likeness (QED) is 0.424. The van der Waals surface area contributed by atoms with Gasteiger partial charge in [-0.1, -0.05) is 45.4 Å². The van der Waals surface area contributed by atoms with Crippen molar-refractivity contribution in [3.05, 3.63) is 29.8 Å². The molecule has 138 valence electrons. The Morgan fingerprint density at radius 1 is 1.12 bits per heavy atom. The molecular weight excluding hydrogens is 351 g/mol. The zero-order valence-electron chi connectivity index (χ0n) is 13.5. The third-order valence-electron chi connectivity index (χ3n) is 4.55. The van der Waals surface area contributed by atoms with Gasteiger partial charge in [0.05, 0.1) is 5.92 Å². The highest BCUT2D eigenvalue weighted by molar-refractivity contribution is 8.45. The molecule has 0 radical (unpaired) electrons. The number of ether oxygens (including phenoxy) is 1. The summed E-state index contributed by atoms with van der Waals surface area (Å²) in [6.45, 7) is 3.54. The molecule has 1 aromatic carbocycles. The molecule has 0 saturated heterocycles. The lowest BCUT2D eigenvalue weighted by molar-refractivity contribution is -0.165. The zero-order chi connectivity index (χ0) is 18.3. The molecule has 0 aliphatic heterocycles. The molecule has 0 heterocycles. The fraction of sp³-hybridized carbons (Fsp3) is 0.562. The maximum absolute atomic E-state index is 12.8. The zero-order valence-corrected chi connectivity index (χ0v) is 14.4. The fourth-order valence-electron chi connectivity index (χ4n) is 2.87. The van der Waals surface area contributed by atoms with Gasteiger partial charge in [0.1, 0.15) is 10.5 Å². The highest BCUT2D eigenvalue weighted by Crippen LogP contribution is 3.02. The molecule has 2 nitrogen and oxygen atoms in total. The van der Waals surface area contributed by atoms with Gasteiger partial charge in [0.25, 0.3) is 0 Å². The van der Waals surface area contributed by atoms with Crippen LogP contribution in [0.2, 0.25) is 0 Å². The minimum absolute atomic E-state index is 0.327. The Labute approximate surface area is 138 Å². The van der Waals surface area contributed by atoms with Gasteiger partial charge in [-0.05, 0) is 49.8 Å². The molecule has 1 aromatic rings. The van der Waals surface area contributed by atoms with Crippen LogP contribution in [0.25, 0.3) is 0 Å². The van der Waals surface area contributed by atoms with Crippen LogP contribution in [0, 0.1) is 5.92 Å². The average molecular weight is 372 g/mol. The molecule has 1 saturated carbocycles. The molecule has 8 heteroatoms. The van der Waals surface area contributed by atoms with Crippen LogP contribution < -0.4 is 0 Å². The summed E-state index contributed by atoms with van der Waals surface area (Å²) in [5, 5.41) is 0. The van der Waals surface area contributed by atoms with Crippen molar-refractivity contribution in [2.24, 2.45) is 5.92 Å². The minimum Gasteiger partial charge on any atom is -0.454 e. The largest absolute Gasteiger partial charge is 0.454 e. The van der Waals surface area contributed by atoms with Gasteiger partial charge in [-0.2, -0.15) is 0 Å². The average Bonchev–Trinajstić information content (AvgIpc) is 2.94. The summed E-state index contributed by atoms with van der Waals surface area (Å²) in [5.41, 5.74) is -0.682. The number of benzene rings is 1. The van der Waals surface area contributed by atoms with Crippen LogP contribution in [-0.4, -0.2) is 5.97 Å². The van der Waals surface area contributed by atoms with Crippen LogP contribution in [0.5, 0.6) is 0 Å². The van der Waals surface area contributed by atoms with Crippen LogP contribution in [0.4, 0.5) is 19.4 Å². The van der Waals surface area contributed by atoms with Crippen molar-refractivity contribution < 1.29 is 29.0 Å². The summed E-state index contributed by atoms with van der Waals surface area (Å²) in [7, 11) is -9.69. The van der Waals surface area contributed by atoms with Gasteiger partial charge in [0, 0.05) is 0 Å². The maximum Gasteiger partial charge on any atom is 0.310 e. The SMILES string of the molecule is CCC(C)C(=O)OC1(c2ccc(S(F)(F)(F)(F)F)cc2)CCCC1. The van der Waals surface area contributed by atoms with E-state index < -0.39 is 26.7 Å². The summed E-state index contributed by atoms with van der Waals surface area (Å²) in [5.74, 6) is -0.748. The van der Waals surface area contributed by atoms with Crippen molar-refractivity contribution in [2.45, 2.75) is 56.4 Å². The number of esters is 1. The Morgan fingerprint density at radius 3 is 2.04 bits per heavy atom. The minimum atomic E-state index is -9.69. The molecule has 1 aliphatic rings. The van der Waals surface area contributed by atoms with E-state index in [1.165, 1.54) is 0 Å². The molecule has 0 amide bonds. The summed E-state index contributed by atoms with van der Waals surface area (Å²) >= 11 is 0. The molecule has 1 atom stereocenters. The topological polar surface area (TPSA) is 26.3 Å². The van der Waals surface area contributed by atoms with Gasteiger partial charge >= 0.3 is 16.2 Å². The molecule has 0 spiro atoms. The van der Waals surface area contributed by atoms with E-state index in [0.717, 1.165) is 25.0 Å². The summed E-state index contributed by atoms with van der Waals surface area (Å²) in [4.78, 5) is 10.2. The van der Waals surface area contributed by atoms with Gasteiger partial charge in [0.2, 0.25) is 0 Å². The Bertz CT molecular complexity index is 618. The standard InChI is InChI=1S/C16H21F5O2S/c1-3-12(2)15(22)23-16(10-4-5-11-16)13-6-8-14(9-7-13)24(17,18,19,20)21/h6-9,12H,3-5,10-11H2,1-2H3. The van der Waals surface area contributed by atoms with Gasteiger partial charge in [-0.25, -0.2) is 0 Å². The van der Waals surface area contributed by atoms with Crippen LogP contribution in [-0.2, 0) is 15.1 Å². The Balaban J connectivity index is 2.35. The predicted molar refractivity (Wildman–Crippen MR) is 83.5 cm³/mol. The van der Waals surface area contributed by atoms with E-state index in [2.05, 4.69) is 0 Å². The molecule has 0 N–H and O–H groups in total. The van der Waals surface area contributed by atoms with E-state index in [-0.39, 0.29) is 5.92 Å². The lowest BCUT2D eigenvalue weighted by Crippen LogP contribution is -2.31. The van der Waals surface area contributed by atoms with Crippen molar-refractivity contribution in [1.82, 2.24) is 0 Å². The lowest BCUT2D eigenvalue weighted by atomic mass is 9.91. The Kier molecular flexibility index (Phi) is 4.23. The first kappa shape index (κ1) is 19.0. The third kappa shape index (κ3) is 4.02. The molecule has 1 fully saturated rings. The second kappa shape index (κ2) is 5.34. The number of hydrogen-bond donors (Lipinski definition) is 0. The first-order chi connectivity index (χ1) is 10.8. The smallest absolute Gasteiger partial charge is 0.310 e. The normalized spacial score (nSPS) is 21.6. The van der Waals surface area contributed by atoms with Crippen molar-refractivity contribution in [2.75, 3.05) is 0 Å². The second-order valence-corrected chi connectivity index (χ2v) is 8.83. The summed E-state index contributed by atoms with van der Waals surface area (Å²) in [6.07, 6.45) is 3.06. The van der Waals surface area contributed by atoms with Crippen LogP contribution >= 0.6 is 10.2 Å². The van der Waals surface area contributed by atoms with Crippen LogP contribution in [0.1, 0.15) is 51.5 Å². The number of carbonyl (C=O) groups excluding carboxylic acids is 1. The predicted octanol–water partition coefficient (Wildman–Crippen LogP) is 6.70. The summed E-state index contributed by atoms with van der Waals surface area (Å²) < 4.78 is 69.8. The monoisotopic (exact) mass is 372 g/mol. The van der Waals surface area contributed by atoms with Crippen molar-refractivity contribution in [1.29, 1.82) is 0 Å². The van der Waals surface area contributed by atoms with Gasteiger partial charge in [-0.15, -0.1) is 0 Å². The van der Waals surface area contributed by atoms with E-state index >= 15 is 0 Å². The molecule has 2 rings (SSSR count). The summed E-state index contributed by atoms with van der Waals surface area (Å²) in [6, 6.07) is 2.77. The van der Waals surface area contributed by atoms with Crippen molar-refractivity contribution in [3.63, 3.8) is 0 Å². The number of hydrogen-bond acceptors (Lipinski definition) is 2. The van der Waals surface area contributed by atoms with Gasteiger partial charge < -0.3 is 4.74 Å². The first-order valence-electron chi connectivity index (χ1n) is 7.85. The number of halogens is 5. The second-order valence-electron chi connectivity index (χ2n) is 6.43. The van der Waals surface area contributed by atoms with Crippen LogP contribution in [0.3, 0.4) is 0 Å². The third-order valence-corrected chi connectivity index (χ3v) is 5.71. The number of carbonyl (C=O) groups is 1. The van der Waals surface area contributed by atoms with E-state index in [4.69, 9.17) is 4.74 Å². The Hall–Kier alpha value is -1.31. The van der Waals surface area contributed by atoms with E-state index in [1.807, 2.05) is 6.92 Å². The van der Waals surface area contributed by atoms with Gasteiger partial charge in [-0.3, -0.25) is 4.79 Å². The van der Waals surface area contributed by atoms with Crippen LogP contribution in [0.15, 0.2) is 29.2 Å². The first-order valence-corrected chi connectivity index (χ1v) is 9.80. The highest BCUT2D eigenvalue weighted by atomic mass is 32.5. The van der Waals surface area contributed by atoms with E-state index in [1.54, 1.807) is 6.92 Å². The van der Waals surface area contributed by atoms with E-state index in [9.17, 15) is 24.2 Å². The van der Waals surface area contributed by atoms with Gasteiger partial charge in [0.15, 0.2) is 0 Å². The molecular formula is C16H21F5O2S. The Morgan fingerprint density at radius 2 is 1.62 bits per heavy atom. The molecule has 24 heavy (non-hydrogen) atoms. The lowest BCUT2D eigenvalue weighted by Gasteiger charge is -2.41. The maximum atomic E-state index is 12.8. The fourth-order valence-corrected chi connectivity index (χ4v) is 3.52. The molecule has 1 unspecified atom stereocenters.